The number of amides is 1. The number of morpholine rings is 2. The zero-order chi connectivity index (χ0) is 28.2. The Morgan fingerprint density at radius 3 is 2.05 bits per heavy atom. The molecule has 0 saturated carbocycles. The molecule has 2 aliphatic rings. The van der Waals surface area contributed by atoms with Gasteiger partial charge < -0.3 is 26.0 Å². The van der Waals surface area contributed by atoms with Crippen LogP contribution >= 0.6 is 0 Å². The molecule has 208 valence electrons. The van der Waals surface area contributed by atoms with Crippen molar-refractivity contribution < 1.29 is 19.4 Å². The number of anilines is 1. The molecule has 1 amide bonds. The summed E-state index contributed by atoms with van der Waals surface area (Å²) in [6.45, 7) is 10.7. The average molecular weight is 544 g/mol. The number of nitrogens with two attached hydrogens (primary N) is 2. The van der Waals surface area contributed by atoms with Gasteiger partial charge in [0.1, 0.15) is 34.0 Å². The van der Waals surface area contributed by atoms with Crippen LogP contribution in [-0.4, -0.2) is 101 Å². The molecule has 3 aromatic rings. The molecule has 2 aromatic heterocycles. The van der Waals surface area contributed by atoms with Crippen molar-refractivity contribution in [1.82, 2.24) is 24.3 Å². The van der Waals surface area contributed by atoms with Gasteiger partial charge >= 0.3 is 0 Å². The summed E-state index contributed by atoms with van der Waals surface area (Å²) in [5.74, 6) is 12.1. The van der Waals surface area contributed by atoms with E-state index in [0.29, 0.717) is 67.8 Å². The van der Waals surface area contributed by atoms with Gasteiger partial charge in [-0.15, -0.1) is 0 Å². The zero-order valence-corrected chi connectivity index (χ0v) is 22.8. The molecule has 0 radical (unpaired) electrons. The summed E-state index contributed by atoms with van der Waals surface area (Å²) in [7, 11) is 0. The summed E-state index contributed by atoms with van der Waals surface area (Å²) in [4.78, 5) is 26.6. The molecule has 2 saturated heterocycles. The number of hydrogen-bond donors (Lipinski definition) is 3. The zero-order valence-electron chi connectivity index (χ0n) is 22.8. The smallest absolute Gasteiger partial charge is 0.254 e. The van der Waals surface area contributed by atoms with E-state index in [1.807, 2.05) is 6.92 Å². The lowest BCUT2D eigenvalue weighted by Crippen LogP contribution is -2.36. The molecule has 0 atom stereocenters. The summed E-state index contributed by atoms with van der Waals surface area (Å²) >= 11 is 0. The van der Waals surface area contributed by atoms with Crippen LogP contribution in [0.5, 0.6) is 5.75 Å². The Morgan fingerprint density at radius 1 is 0.950 bits per heavy atom. The van der Waals surface area contributed by atoms with Gasteiger partial charge in [-0.2, -0.15) is 0 Å². The van der Waals surface area contributed by atoms with Gasteiger partial charge in [0.25, 0.3) is 5.91 Å². The van der Waals surface area contributed by atoms with Gasteiger partial charge in [-0.3, -0.25) is 19.2 Å². The predicted octanol–water partition coefficient (Wildman–Crippen LogP) is 0.791. The second kappa shape index (κ2) is 11.9. The molecule has 5 N–H and O–H groups in total. The number of carbonyl (C=O) groups is 1. The number of phenolic OH excluding ortho intramolecular Hbond substituents is 1. The SMILES string of the molecule is Cc1ccc(O)c(C)c1-n1c(N)c(C(N)=O)c2nc(C#CCN3CCOCC3)c(C#CCN3CCOCC3)nc21. The van der Waals surface area contributed by atoms with Crippen molar-refractivity contribution >= 4 is 22.9 Å². The third-order valence-corrected chi connectivity index (χ3v) is 7.12. The van der Waals surface area contributed by atoms with Crippen molar-refractivity contribution in [2.24, 2.45) is 5.73 Å². The first-order valence-corrected chi connectivity index (χ1v) is 13.2. The first kappa shape index (κ1) is 27.4. The Kier molecular flexibility index (Phi) is 8.19. The van der Waals surface area contributed by atoms with Crippen LogP contribution in [0.3, 0.4) is 0 Å². The quantitative estimate of drug-likeness (QED) is 0.407. The van der Waals surface area contributed by atoms with Crippen LogP contribution in [0.25, 0.3) is 16.9 Å². The highest BCUT2D eigenvalue weighted by Crippen LogP contribution is 2.35. The monoisotopic (exact) mass is 543 g/mol. The fourth-order valence-electron chi connectivity index (χ4n) is 4.90. The number of aromatic nitrogens is 3. The van der Waals surface area contributed by atoms with Crippen molar-refractivity contribution in [2.45, 2.75) is 13.8 Å². The minimum Gasteiger partial charge on any atom is -0.508 e. The molecule has 1 aromatic carbocycles. The number of primary amides is 1. The van der Waals surface area contributed by atoms with E-state index < -0.39 is 5.91 Å². The maximum absolute atomic E-state index is 12.6. The number of fused-ring (bicyclic) bond motifs is 1. The summed E-state index contributed by atoms with van der Waals surface area (Å²) in [6, 6.07) is 3.39. The van der Waals surface area contributed by atoms with Crippen LogP contribution in [0.4, 0.5) is 5.82 Å². The van der Waals surface area contributed by atoms with Crippen LogP contribution in [0, 0.1) is 37.5 Å². The molecule has 11 nitrogen and oxygen atoms in total. The topological polar surface area (TPSA) is 145 Å². The highest BCUT2D eigenvalue weighted by molar-refractivity contribution is 6.09. The Hall–Kier alpha value is -4.13. The van der Waals surface area contributed by atoms with Crippen LogP contribution in [0.2, 0.25) is 0 Å². The first-order valence-electron chi connectivity index (χ1n) is 13.2. The van der Waals surface area contributed by atoms with E-state index >= 15 is 0 Å². The second-order valence-corrected chi connectivity index (χ2v) is 9.81. The molecule has 11 heteroatoms. The number of carbonyl (C=O) groups excluding carboxylic acids is 1. The maximum Gasteiger partial charge on any atom is 0.254 e. The number of phenols is 1. The molecular formula is C29H33N7O4. The summed E-state index contributed by atoms with van der Waals surface area (Å²) in [5, 5.41) is 10.5. The van der Waals surface area contributed by atoms with Crippen molar-refractivity contribution in [1.29, 1.82) is 0 Å². The van der Waals surface area contributed by atoms with Gasteiger partial charge in [-0.05, 0) is 37.3 Å². The minimum absolute atomic E-state index is 0.0497. The van der Waals surface area contributed by atoms with Gasteiger partial charge in [-0.25, -0.2) is 9.97 Å². The molecule has 0 aliphatic carbocycles. The van der Waals surface area contributed by atoms with Gasteiger partial charge in [-0.1, -0.05) is 17.9 Å². The minimum atomic E-state index is -0.732. The van der Waals surface area contributed by atoms with E-state index in [1.54, 1.807) is 23.6 Å². The Bertz CT molecular complexity index is 1560. The average Bonchev–Trinajstić information content (AvgIpc) is 3.23. The lowest BCUT2D eigenvalue weighted by Gasteiger charge is -2.24. The molecule has 0 unspecified atom stereocenters. The number of hydrogen-bond acceptors (Lipinski definition) is 9. The van der Waals surface area contributed by atoms with Gasteiger partial charge in [0.2, 0.25) is 0 Å². The van der Waals surface area contributed by atoms with E-state index in [2.05, 4.69) is 33.5 Å². The third kappa shape index (κ3) is 5.60. The number of rotatable bonds is 4. The highest BCUT2D eigenvalue weighted by atomic mass is 16.5. The van der Waals surface area contributed by atoms with Crippen molar-refractivity contribution in [3.05, 3.63) is 40.2 Å². The molecule has 40 heavy (non-hydrogen) atoms. The summed E-state index contributed by atoms with van der Waals surface area (Å²) < 4.78 is 12.5. The summed E-state index contributed by atoms with van der Waals surface area (Å²) in [5.41, 5.74) is 15.6. The first-order chi connectivity index (χ1) is 19.3. The normalized spacial score (nSPS) is 16.2. The molecule has 0 spiro atoms. The molecule has 0 bridgehead atoms. The lowest BCUT2D eigenvalue weighted by atomic mass is 10.1. The standard InChI is InChI=1S/C29H33N7O4/c1-19-7-8-23(37)20(2)26(19)36-27(30)24(28(31)38)25-29(36)33-22(6-4-10-35-13-17-40-18-14-35)21(32-25)5-3-9-34-11-15-39-16-12-34/h7-8,37H,9-18,30H2,1-2H3,(H2,31,38). The molecule has 2 aliphatic heterocycles. The van der Waals surface area contributed by atoms with E-state index in [1.165, 1.54) is 0 Å². The van der Waals surface area contributed by atoms with Gasteiger partial charge in [0.15, 0.2) is 5.65 Å². The van der Waals surface area contributed by atoms with E-state index in [9.17, 15) is 9.90 Å². The third-order valence-electron chi connectivity index (χ3n) is 7.12. The number of benzene rings is 1. The number of aryl methyl sites for hydroxylation is 1. The van der Waals surface area contributed by atoms with Gasteiger partial charge in [0, 0.05) is 31.7 Å². The van der Waals surface area contributed by atoms with Crippen LogP contribution < -0.4 is 11.5 Å². The fourth-order valence-corrected chi connectivity index (χ4v) is 4.90. The Labute approximate surface area is 233 Å². The van der Waals surface area contributed by atoms with Gasteiger partial charge in [0.05, 0.1) is 45.2 Å². The fraction of sp³-hybridized carbons (Fsp3) is 0.414. The molecular weight excluding hydrogens is 510 g/mol. The molecule has 4 heterocycles. The Balaban J connectivity index is 1.66. The number of ether oxygens (including phenoxy) is 2. The Morgan fingerprint density at radius 2 is 1.50 bits per heavy atom. The van der Waals surface area contributed by atoms with Crippen LogP contribution in [0.1, 0.15) is 32.9 Å². The number of aromatic hydroxyl groups is 1. The molecule has 5 rings (SSSR count). The highest BCUT2D eigenvalue weighted by Gasteiger charge is 2.26. The predicted molar refractivity (Wildman–Crippen MR) is 151 cm³/mol. The number of nitrogen functional groups attached to an aromatic ring is 1. The van der Waals surface area contributed by atoms with E-state index in [-0.39, 0.29) is 22.6 Å². The number of nitrogens with zero attached hydrogens (tertiary/aromatic N) is 5. The largest absolute Gasteiger partial charge is 0.508 e. The van der Waals surface area contributed by atoms with Crippen molar-refractivity contribution in [3.63, 3.8) is 0 Å². The lowest BCUT2D eigenvalue weighted by molar-refractivity contribution is 0.0443. The van der Waals surface area contributed by atoms with E-state index in [4.69, 9.17) is 30.9 Å². The molecule has 2 fully saturated rings. The van der Waals surface area contributed by atoms with Crippen molar-refractivity contribution in [2.75, 3.05) is 71.4 Å². The van der Waals surface area contributed by atoms with Crippen LogP contribution in [0.15, 0.2) is 12.1 Å². The maximum atomic E-state index is 12.6. The van der Waals surface area contributed by atoms with Crippen LogP contribution in [-0.2, 0) is 9.47 Å². The summed E-state index contributed by atoms with van der Waals surface area (Å²) in [6.07, 6.45) is 0. The van der Waals surface area contributed by atoms with Crippen molar-refractivity contribution in [3.8, 4) is 35.1 Å². The van der Waals surface area contributed by atoms with E-state index in [0.717, 1.165) is 31.7 Å². The second-order valence-electron chi connectivity index (χ2n) is 9.81.